The maximum absolute atomic E-state index is 14.5. The van der Waals surface area contributed by atoms with Crippen molar-refractivity contribution in [3.05, 3.63) is 11.6 Å². The fourth-order valence-electron chi connectivity index (χ4n) is 11.1. The van der Waals surface area contributed by atoms with E-state index in [9.17, 15) is 14.4 Å². The molecule has 0 N–H and O–H groups in total. The molecule has 0 aromatic rings. The van der Waals surface area contributed by atoms with E-state index in [1.807, 2.05) is 6.92 Å². The van der Waals surface area contributed by atoms with Crippen LogP contribution in [0.15, 0.2) is 11.6 Å². The average Bonchev–Trinajstić information content (AvgIpc) is 2.86. The summed E-state index contributed by atoms with van der Waals surface area (Å²) in [6.07, 6.45) is 11.5. The molecule has 0 heterocycles. The number of allylic oxidation sites excluding steroid dienone is 2. The quantitative estimate of drug-likeness (QED) is 0.331. The van der Waals surface area contributed by atoms with E-state index < -0.39 is 5.41 Å². The second kappa shape index (κ2) is 9.43. The molecular formula is C35H54O5. The van der Waals surface area contributed by atoms with E-state index in [0.717, 1.165) is 64.2 Å². The van der Waals surface area contributed by atoms with Gasteiger partial charge in [0, 0.05) is 18.3 Å². The Morgan fingerprint density at radius 3 is 2.25 bits per heavy atom. The molecule has 0 bridgehead atoms. The molecule has 0 aromatic heterocycles. The Kier molecular flexibility index (Phi) is 7.03. The Morgan fingerprint density at radius 1 is 0.925 bits per heavy atom. The van der Waals surface area contributed by atoms with Crippen molar-refractivity contribution in [2.75, 3.05) is 6.61 Å². The van der Waals surface area contributed by atoms with Gasteiger partial charge in [0.05, 0.1) is 12.0 Å². The van der Waals surface area contributed by atoms with Gasteiger partial charge in [-0.1, -0.05) is 54.0 Å². The minimum absolute atomic E-state index is 0.0427. The number of carbonyl (C=O) groups excluding carboxylic acids is 3. The normalized spacial score (nSPS) is 47.5. The third kappa shape index (κ3) is 4.02. The molecule has 0 amide bonds. The lowest BCUT2D eigenvalue weighted by Gasteiger charge is -2.70. The smallest absolute Gasteiger partial charge is 0.311 e. The molecule has 0 aliphatic heterocycles. The molecule has 40 heavy (non-hydrogen) atoms. The monoisotopic (exact) mass is 554 g/mol. The van der Waals surface area contributed by atoms with Crippen LogP contribution < -0.4 is 0 Å². The molecule has 5 heteroatoms. The van der Waals surface area contributed by atoms with E-state index in [2.05, 4.69) is 54.5 Å². The summed E-state index contributed by atoms with van der Waals surface area (Å²) in [6.45, 7) is 20.3. The molecule has 5 aliphatic carbocycles. The van der Waals surface area contributed by atoms with E-state index in [0.29, 0.717) is 18.3 Å². The Labute approximate surface area is 242 Å². The predicted molar refractivity (Wildman–Crippen MR) is 156 cm³/mol. The molecule has 0 spiro atoms. The van der Waals surface area contributed by atoms with Crippen molar-refractivity contribution in [3.8, 4) is 0 Å². The molecule has 0 radical (unpaired) electrons. The van der Waals surface area contributed by atoms with Gasteiger partial charge in [-0.25, -0.2) is 0 Å². The Hall–Kier alpha value is -1.65. The van der Waals surface area contributed by atoms with Crippen molar-refractivity contribution in [1.82, 2.24) is 0 Å². The number of ether oxygens (including phenoxy) is 2. The summed E-state index contributed by atoms with van der Waals surface area (Å²) in [5.74, 6) is 0.532. The second-order valence-corrected chi connectivity index (χ2v) is 16.3. The minimum Gasteiger partial charge on any atom is -0.465 e. The number of hydrogen-bond donors (Lipinski definition) is 0. The molecule has 0 saturated heterocycles. The van der Waals surface area contributed by atoms with Crippen LogP contribution in [0.3, 0.4) is 0 Å². The number of rotatable bonds is 4. The van der Waals surface area contributed by atoms with Crippen LogP contribution in [0.5, 0.6) is 0 Å². The van der Waals surface area contributed by atoms with Crippen LogP contribution in [-0.4, -0.2) is 30.4 Å². The fraction of sp³-hybridized carbons (Fsp3) is 0.857. The van der Waals surface area contributed by atoms with E-state index in [-0.39, 0.29) is 57.0 Å². The first-order valence-electron chi connectivity index (χ1n) is 16.1. The van der Waals surface area contributed by atoms with Crippen LogP contribution in [0.4, 0.5) is 0 Å². The molecule has 9 unspecified atom stereocenters. The van der Waals surface area contributed by atoms with Crippen LogP contribution in [0.2, 0.25) is 0 Å². The summed E-state index contributed by atoms with van der Waals surface area (Å²) in [7, 11) is 0. The lowest BCUT2D eigenvalue weighted by molar-refractivity contribution is -0.210. The number of hydrogen-bond acceptors (Lipinski definition) is 5. The van der Waals surface area contributed by atoms with Gasteiger partial charge >= 0.3 is 11.9 Å². The van der Waals surface area contributed by atoms with E-state index in [1.54, 1.807) is 0 Å². The first-order chi connectivity index (χ1) is 18.5. The van der Waals surface area contributed by atoms with Crippen LogP contribution >= 0.6 is 0 Å². The van der Waals surface area contributed by atoms with E-state index >= 15 is 0 Å². The molecular weight excluding hydrogens is 500 g/mol. The van der Waals surface area contributed by atoms with Gasteiger partial charge in [-0.3, -0.25) is 14.4 Å². The van der Waals surface area contributed by atoms with Crippen molar-refractivity contribution in [3.63, 3.8) is 0 Å². The highest BCUT2D eigenvalue weighted by atomic mass is 16.5. The molecule has 0 aromatic carbocycles. The van der Waals surface area contributed by atoms with Crippen molar-refractivity contribution in [2.45, 2.75) is 133 Å². The van der Waals surface area contributed by atoms with Crippen molar-refractivity contribution in [2.24, 2.45) is 50.2 Å². The summed E-state index contributed by atoms with van der Waals surface area (Å²) in [5, 5.41) is 0. The van der Waals surface area contributed by atoms with Gasteiger partial charge < -0.3 is 9.47 Å². The van der Waals surface area contributed by atoms with E-state index in [1.165, 1.54) is 12.5 Å². The number of esters is 2. The Bertz CT molecular complexity index is 1120. The minimum atomic E-state index is -0.498. The highest BCUT2D eigenvalue weighted by molar-refractivity contribution is 5.95. The molecule has 9 atom stereocenters. The second-order valence-electron chi connectivity index (χ2n) is 16.3. The predicted octanol–water partition coefficient (Wildman–Crippen LogP) is 7.85. The van der Waals surface area contributed by atoms with Gasteiger partial charge in [0.1, 0.15) is 6.10 Å². The van der Waals surface area contributed by atoms with Gasteiger partial charge in [-0.15, -0.1) is 0 Å². The van der Waals surface area contributed by atoms with Gasteiger partial charge in [0.2, 0.25) is 0 Å². The van der Waals surface area contributed by atoms with Crippen LogP contribution in [0, 0.1) is 50.2 Å². The first-order valence-corrected chi connectivity index (χ1v) is 16.1. The van der Waals surface area contributed by atoms with Crippen LogP contribution in [0.1, 0.15) is 127 Å². The van der Waals surface area contributed by atoms with Gasteiger partial charge in [0.25, 0.3) is 0 Å². The Morgan fingerprint density at radius 2 is 1.60 bits per heavy atom. The average molecular weight is 555 g/mol. The maximum Gasteiger partial charge on any atom is 0.311 e. The fourth-order valence-corrected chi connectivity index (χ4v) is 11.1. The van der Waals surface area contributed by atoms with Crippen molar-refractivity contribution < 1.29 is 23.9 Å². The lowest BCUT2D eigenvalue weighted by atomic mass is 9.33. The Balaban J connectivity index is 1.54. The summed E-state index contributed by atoms with van der Waals surface area (Å²) in [5.41, 5.74) is 0.413. The largest absolute Gasteiger partial charge is 0.465 e. The maximum atomic E-state index is 14.5. The molecule has 5 aliphatic rings. The summed E-state index contributed by atoms with van der Waals surface area (Å²) in [4.78, 5) is 39.7. The van der Waals surface area contributed by atoms with Crippen molar-refractivity contribution >= 4 is 17.7 Å². The van der Waals surface area contributed by atoms with Crippen molar-refractivity contribution in [1.29, 1.82) is 0 Å². The van der Waals surface area contributed by atoms with Gasteiger partial charge in [-0.05, 0) is 111 Å². The molecule has 5 rings (SSSR count). The van der Waals surface area contributed by atoms with Gasteiger partial charge in [-0.2, -0.15) is 0 Å². The molecule has 4 saturated carbocycles. The zero-order chi connectivity index (χ0) is 29.5. The summed E-state index contributed by atoms with van der Waals surface area (Å²) in [6, 6.07) is 0. The molecule has 224 valence electrons. The molecule has 5 nitrogen and oxygen atoms in total. The third-order valence-electron chi connectivity index (χ3n) is 13.8. The number of ketones is 1. The molecule has 4 fully saturated rings. The number of fused-ring (bicyclic) bond motifs is 7. The lowest BCUT2D eigenvalue weighted by Crippen LogP contribution is -2.66. The summed E-state index contributed by atoms with van der Waals surface area (Å²) < 4.78 is 11.6. The highest BCUT2D eigenvalue weighted by Gasteiger charge is 2.70. The topological polar surface area (TPSA) is 69.7 Å². The van der Waals surface area contributed by atoms with Crippen LogP contribution in [-0.2, 0) is 23.9 Å². The first kappa shape index (κ1) is 29.8. The van der Waals surface area contributed by atoms with Crippen LogP contribution in [0.25, 0.3) is 0 Å². The zero-order valence-electron chi connectivity index (χ0n) is 26.7. The highest BCUT2D eigenvalue weighted by Crippen LogP contribution is 2.75. The third-order valence-corrected chi connectivity index (χ3v) is 13.8. The summed E-state index contributed by atoms with van der Waals surface area (Å²) >= 11 is 0. The SMILES string of the molecule is CCCOC(=O)C1(C)CCC2(C)CCC3(C)C(=CC(=O)C4C5(C)CCC(OC(C)=O)C(C)(C)C5CCC43C)C2C1. The standard InChI is InChI=1S/C35H54O5/c1-10-19-39-29(38)32(6)16-15-31(5)17-18-34(8)23(24(31)21-32)20-25(37)28-33(7)13-12-27(40-22(2)36)30(3,4)26(33)11-14-35(28,34)9/h20,24,26-28H,10-19,21H2,1-9H3. The van der Waals surface area contributed by atoms with Gasteiger partial charge in [0.15, 0.2) is 5.78 Å². The number of carbonyl (C=O) groups is 3. The van der Waals surface area contributed by atoms with E-state index in [4.69, 9.17) is 9.47 Å². The zero-order valence-corrected chi connectivity index (χ0v) is 26.7.